The summed E-state index contributed by atoms with van der Waals surface area (Å²) in [6.45, 7) is 0.737. The number of hydrogen-bond acceptors (Lipinski definition) is 6. The number of likely N-dealkylation sites (N-methyl/N-ethyl adjacent to an activating group) is 1. The number of amides is 1. The Morgan fingerprint density at radius 3 is 2.74 bits per heavy atom. The van der Waals surface area contributed by atoms with Crippen molar-refractivity contribution in [2.75, 3.05) is 32.1 Å². The van der Waals surface area contributed by atoms with Crippen LogP contribution in [-0.4, -0.2) is 43.0 Å². The summed E-state index contributed by atoms with van der Waals surface area (Å²) in [7, 11) is 3.77. The molecule has 0 aliphatic rings. The molecule has 2 aromatic heterocycles. The molecule has 3 aromatic rings. The average molecular weight is 397 g/mol. The first-order chi connectivity index (χ1) is 12.8. The fraction of sp³-hybridized carbons (Fsp3) is 0.250. The highest BCUT2D eigenvalue weighted by atomic mass is 32.1. The largest absolute Gasteiger partial charge is 0.433 e. The number of rotatable bonds is 6. The van der Waals surface area contributed by atoms with Crippen molar-refractivity contribution in [3.05, 3.63) is 51.8 Å². The van der Waals surface area contributed by atoms with Crippen molar-refractivity contribution in [2.45, 2.75) is 0 Å². The minimum Gasteiger partial charge on any atom is -0.395 e. The van der Waals surface area contributed by atoms with Crippen molar-refractivity contribution in [1.29, 1.82) is 0 Å². The van der Waals surface area contributed by atoms with Gasteiger partial charge in [-0.15, -0.1) is 0 Å². The summed E-state index contributed by atoms with van der Waals surface area (Å²) in [4.78, 5) is 29.3. The Hall–Kier alpha value is -2.92. The summed E-state index contributed by atoms with van der Waals surface area (Å²) in [5.41, 5.74) is -0.0446. The zero-order valence-corrected chi connectivity index (χ0v) is 15.2. The van der Waals surface area contributed by atoms with Gasteiger partial charge in [-0.25, -0.2) is 13.8 Å². The number of fused-ring (bicyclic) bond motifs is 1. The first-order valence-electron chi connectivity index (χ1n) is 7.87. The maximum Gasteiger partial charge on any atom is 0.433 e. The number of thiazole rings is 1. The number of halogens is 2. The van der Waals surface area contributed by atoms with E-state index >= 15 is 0 Å². The van der Waals surface area contributed by atoms with Gasteiger partial charge in [0.15, 0.2) is 16.7 Å². The third-order valence-electron chi connectivity index (χ3n) is 3.70. The van der Waals surface area contributed by atoms with Crippen LogP contribution in [-0.2, 0) is 0 Å². The monoisotopic (exact) mass is 397 g/mol. The number of nitro groups is 1. The molecule has 1 aromatic carbocycles. The van der Waals surface area contributed by atoms with E-state index in [1.54, 1.807) is 0 Å². The highest BCUT2D eigenvalue weighted by Crippen LogP contribution is 2.32. The van der Waals surface area contributed by atoms with E-state index in [-0.39, 0.29) is 27.7 Å². The Morgan fingerprint density at radius 1 is 1.37 bits per heavy atom. The van der Waals surface area contributed by atoms with E-state index in [0.29, 0.717) is 6.54 Å². The van der Waals surface area contributed by atoms with E-state index in [1.165, 1.54) is 11.0 Å². The van der Waals surface area contributed by atoms with Crippen molar-refractivity contribution >= 4 is 38.5 Å². The molecule has 142 valence electrons. The van der Waals surface area contributed by atoms with E-state index in [0.717, 1.165) is 34.4 Å². The molecule has 1 N–H and O–H groups in total. The first-order valence-corrected chi connectivity index (χ1v) is 8.68. The summed E-state index contributed by atoms with van der Waals surface area (Å²) >= 11 is 0.951. The second-order valence-corrected chi connectivity index (χ2v) is 7.05. The lowest BCUT2D eigenvalue weighted by Crippen LogP contribution is -3.06. The van der Waals surface area contributed by atoms with Crippen LogP contribution in [0.3, 0.4) is 0 Å². The minimum absolute atomic E-state index is 0.0446. The van der Waals surface area contributed by atoms with Crippen LogP contribution >= 0.6 is 11.3 Å². The second kappa shape index (κ2) is 7.37. The van der Waals surface area contributed by atoms with E-state index in [4.69, 9.17) is 4.42 Å². The van der Waals surface area contributed by atoms with Crippen LogP contribution in [0.25, 0.3) is 10.2 Å². The lowest BCUT2D eigenvalue weighted by Gasteiger charge is -2.19. The molecule has 0 aliphatic carbocycles. The Bertz CT molecular complexity index is 1020. The highest BCUT2D eigenvalue weighted by molar-refractivity contribution is 7.22. The van der Waals surface area contributed by atoms with E-state index in [9.17, 15) is 23.7 Å². The van der Waals surface area contributed by atoms with E-state index in [1.807, 2.05) is 14.1 Å². The lowest BCUT2D eigenvalue weighted by atomic mass is 10.3. The van der Waals surface area contributed by atoms with Crippen LogP contribution in [0.15, 0.2) is 28.7 Å². The maximum atomic E-state index is 14.0. The summed E-state index contributed by atoms with van der Waals surface area (Å²) < 4.78 is 32.6. The fourth-order valence-electron chi connectivity index (χ4n) is 2.35. The molecule has 27 heavy (non-hydrogen) atoms. The number of quaternary nitrogens is 1. The standard InChI is InChI=1S/C16H14F2N4O4S/c1-20(2)5-6-21(15(23)11-3-4-13(26-11)22(24)25)16-19-14-10(18)7-9(17)8-12(14)27-16/h3-4,7-8H,5-6H2,1-2H3/p+1. The number of carbonyl (C=O) groups excluding carboxylic acids is 1. The predicted molar refractivity (Wildman–Crippen MR) is 94.3 cm³/mol. The molecule has 11 heteroatoms. The van der Waals surface area contributed by atoms with Crippen LogP contribution < -0.4 is 9.80 Å². The molecule has 0 saturated carbocycles. The molecule has 2 heterocycles. The fourth-order valence-corrected chi connectivity index (χ4v) is 3.38. The molecular formula is C16H15F2N4O4S+. The molecule has 1 amide bonds. The number of furan rings is 1. The quantitative estimate of drug-likeness (QED) is 0.506. The molecule has 0 unspecified atom stereocenters. The summed E-state index contributed by atoms with van der Waals surface area (Å²) in [5.74, 6) is -3.01. The van der Waals surface area contributed by atoms with Crippen molar-refractivity contribution in [1.82, 2.24) is 4.98 Å². The molecule has 0 spiro atoms. The van der Waals surface area contributed by atoms with Gasteiger partial charge in [0, 0.05) is 6.07 Å². The van der Waals surface area contributed by atoms with Crippen LogP contribution in [0.4, 0.5) is 19.8 Å². The minimum atomic E-state index is -0.827. The van der Waals surface area contributed by atoms with Crippen molar-refractivity contribution in [3.8, 4) is 0 Å². The lowest BCUT2D eigenvalue weighted by molar-refractivity contribution is -0.856. The normalized spacial score (nSPS) is 11.3. The zero-order chi connectivity index (χ0) is 19.7. The Balaban J connectivity index is 2.01. The number of anilines is 1. The number of benzene rings is 1. The molecule has 0 saturated heterocycles. The molecule has 0 atom stereocenters. The topological polar surface area (TPSA) is 93.9 Å². The Morgan fingerprint density at radius 2 is 2.11 bits per heavy atom. The predicted octanol–water partition coefficient (Wildman–Crippen LogP) is 1.87. The van der Waals surface area contributed by atoms with Gasteiger partial charge in [-0.1, -0.05) is 11.3 Å². The van der Waals surface area contributed by atoms with Gasteiger partial charge in [0.05, 0.1) is 38.0 Å². The van der Waals surface area contributed by atoms with Crippen molar-refractivity contribution in [2.24, 2.45) is 0 Å². The third kappa shape index (κ3) is 3.93. The average Bonchev–Trinajstić information content (AvgIpc) is 3.21. The maximum absolute atomic E-state index is 14.0. The first kappa shape index (κ1) is 18.9. The molecule has 0 radical (unpaired) electrons. The third-order valence-corrected chi connectivity index (χ3v) is 4.72. The Labute approximate surface area is 155 Å². The van der Waals surface area contributed by atoms with Gasteiger partial charge in [0.25, 0.3) is 5.91 Å². The van der Waals surface area contributed by atoms with Crippen molar-refractivity contribution < 1.29 is 27.8 Å². The molecule has 0 bridgehead atoms. The number of nitrogens with zero attached hydrogens (tertiary/aromatic N) is 3. The highest BCUT2D eigenvalue weighted by Gasteiger charge is 2.27. The number of nitrogens with one attached hydrogen (secondary N) is 1. The van der Waals surface area contributed by atoms with E-state index < -0.39 is 28.3 Å². The van der Waals surface area contributed by atoms with E-state index in [2.05, 4.69) is 4.98 Å². The number of hydrogen-bond donors (Lipinski definition) is 1. The summed E-state index contributed by atoms with van der Waals surface area (Å²) in [6.07, 6.45) is 0. The van der Waals surface area contributed by atoms with Gasteiger partial charge in [-0.3, -0.25) is 19.8 Å². The van der Waals surface area contributed by atoms with Gasteiger partial charge in [0.2, 0.25) is 0 Å². The zero-order valence-electron chi connectivity index (χ0n) is 14.4. The number of aromatic nitrogens is 1. The van der Waals surface area contributed by atoms with Crippen LogP contribution in [0.5, 0.6) is 0 Å². The van der Waals surface area contributed by atoms with Crippen LogP contribution in [0, 0.1) is 21.7 Å². The second-order valence-electron chi connectivity index (χ2n) is 6.04. The Kier molecular flexibility index (Phi) is 5.15. The van der Waals surface area contributed by atoms with Gasteiger partial charge < -0.3 is 9.32 Å². The number of carbonyl (C=O) groups is 1. The SMILES string of the molecule is C[NH+](C)CCN(C(=O)c1ccc([N+](=O)[O-])o1)c1nc2c(F)cc(F)cc2s1. The summed E-state index contributed by atoms with van der Waals surface area (Å²) in [6, 6.07) is 4.13. The van der Waals surface area contributed by atoms with Crippen molar-refractivity contribution in [3.63, 3.8) is 0 Å². The van der Waals surface area contributed by atoms with Gasteiger partial charge in [0.1, 0.15) is 16.3 Å². The van der Waals surface area contributed by atoms with Crippen LogP contribution in [0.1, 0.15) is 10.6 Å². The summed E-state index contributed by atoms with van der Waals surface area (Å²) in [5, 5.41) is 10.9. The van der Waals surface area contributed by atoms with Gasteiger partial charge >= 0.3 is 5.88 Å². The van der Waals surface area contributed by atoms with Gasteiger partial charge in [-0.2, -0.15) is 0 Å². The molecule has 0 fully saturated rings. The van der Waals surface area contributed by atoms with Gasteiger partial charge in [-0.05, 0) is 12.1 Å². The molecule has 0 aliphatic heterocycles. The van der Waals surface area contributed by atoms with Crippen LogP contribution in [0.2, 0.25) is 0 Å². The molecular weight excluding hydrogens is 382 g/mol. The molecule has 3 rings (SSSR count). The molecule has 8 nitrogen and oxygen atoms in total. The smallest absolute Gasteiger partial charge is 0.395 e.